The predicted octanol–water partition coefficient (Wildman–Crippen LogP) is 4.58. The van der Waals surface area contributed by atoms with Gasteiger partial charge in [0, 0.05) is 7.11 Å². The Hall–Kier alpha value is -0.380. The first-order chi connectivity index (χ1) is 10.7. The number of hydrogen-bond acceptors (Lipinski definition) is 3. The third-order valence-electron chi connectivity index (χ3n) is 4.11. The Labute approximate surface area is 138 Å². The minimum atomic E-state index is -0.590. The lowest BCUT2D eigenvalue weighted by molar-refractivity contribution is 0.113. The molecule has 132 valence electrons. The largest absolute Gasteiger partial charge is 0.387 e. The Morgan fingerprint density at radius 1 is 0.909 bits per heavy atom. The van der Waals surface area contributed by atoms with Crippen molar-refractivity contribution in [1.29, 1.82) is 0 Å². The highest BCUT2D eigenvalue weighted by Crippen LogP contribution is 2.12. The molecule has 0 aliphatic heterocycles. The zero-order valence-corrected chi connectivity index (χ0v) is 14.9. The van der Waals surface area contributed by atoms with Gasteiger partial charge < -0.3 is 15.6 Å². The Balaban J connectivity index is 3.26. The van der Waals surface area contributed by atoms with Crippen molar-refractivity contribution in [1.82, 2.24) is 0 Å². The van der Waals surface area contributed by atoms with Gasteiger partial charge in [-0.3, -0.25) is 0 Å². The van der Waals surface area contributed by atoms with Gasteiger partial charge in [0.15, 0.2) is 0 Å². The first kappa shape index (κ1) is 21.6. The Bertz CT molecular complexity index is 244. The highest BCUT2D eigenvalue weighted by molar-refractivity contribution is 4.93. The lowest BCUT2D eigenvalue weighted by Gasteiger charge is -2.13. The fraction of sp³-hybridized carbons (Fsp3) is 0.895. The molecule has 0 aliphatic rings. The number of nitrogens with two attached hydrogens (primary N) is 1. The van der Waals surface area contributed by atoms with Crippen LogP contribution in [0.5, 0.6) is 0 Å². The SMILES string of the molecule is CCCCCCCCCCCCCC=C[C@@H](O)[C@@H](N)COC. The summed E-state index contributed by atoms with van der Waals surface area (Å²) in [6, 6.07) is -0.321. The topological polar surface area (TPSA) is 55.5 Å². The van der Waals surface area contributed by atoms with Crippen LogP contribution < -0.4 is 5.73 Å². The summed E-state index contributed by atoms with van der Waals surface area (Å²) < 4.78 is 4.92. The molecule has 0 aromatic heterocycles. The summed E-state index contributed by atoms with van der Waals surface area (Å²) in [4.78, 5) is 0. The van der Waals surface area contributed by atoms with Gasteiger partial charge in [0.25, 0.3) is 0 Å². The molecule has 0 saturated heterocycles. The van der Waals surface area contributed by atoms with Gasteiger partial charge in [0.2, 0.25) is 0 Å². The molecule has 22 heavy (non-hydrogen) atoms. The highest BCUT2D eigenvalue weighted by atomic mass is 16.5. The first-order valence-electron chi connectivity index (χ1n) is 9.31. The van der Waals surface area contributed by atoms with Gasteiger partial charge in [-0.15, -0.1) is 0 Å². The van der Waals surface area contributed by atoms with Crippen molar-refractivity contribution in [2.45, 2.75) is 96.1 Å². The average molecular weight is 314 g/mol. The van der Waals surface area contributed by atoms with Crippen molar-refractivity contribution < 1.29 is 9.84 Å². The molecule has 0 unspecified atom stereocenters. The second kappa shape index (κ2) is 17.0. The van der Waals surface area contributed by atoms with Gasteiger partial charge >= 0.3 is 0 Å². The van der Waals surface area contributed by atoms with Crippen LogP contribution >= 0.6 is 0 Å². The minimum Gasteiger partial charge on any atom is -0.387 e. The summed E-state index contributed by atoms with van der Waals surface area (Å²) in [6.07, 6.45) is 19.3. The van der Waals surface area contributed by atoms with Crippen molar-refractivity contribution >= 4 is 0 Å². The third kappa shape index (κ3) is 14.6. The maximum Gasteiger partial charge on any atom is 0.0894 e. The van der Waals surface area contributed by atoms with Crippen molar-refractivity contribution in [3.8, 4) is 0 Å². The van der Waals surface area contributed by atoms with Gasteiger partial charge in [0.05, 0.1) is 18.8 Å². The van der Waals surface area contributed by atoms with Crippen LogP contribution in [-0.4, -0.2) is 31.0 Å². The van der Waals surface area contributed by atoms with E-state index in [9.17, 15) is 5.11 Å². The zero-order chi connectivity index (χ0) is 16.5. The standard InChI is InChI=1S/C19H39NO2/c1-3-4-5-6-7-8-9-10-11-12-13-14-15-16-19(21)18(20)17-22-2/h15-16,18-19,21H,3-14,17,20H2,1-2H3/t18-,19+/m0/s1. The minimum absolute atomic E-state index is 0.321. The highest BCUT2D eigenvalue weighted by Gasteiger charge is 2.09. The second-order valence-electron chi connectivity index (χ2n) is 6.36. The molecule has 0 rings (SSSR count). The van der Waals surface area contributed by atoms with Crippen LogP contribution in [0, 0.1) is 0 Å². The molecular formula is C19H39NO2. The molecule has 2 atom stereocenters. The molecule has 0 radical (unpaired) electrons. The average Bonchev–Trinajstić information content (AvgIpc) is 2.51. The monoisotopic (exact) mass is 313 g/mol. The summed E-state index contributed by atoms with van der Waals surface area (Å²) in [5.41, 5.74) is 5.75. The number of ether oxygens (including phenoxy) is 1. The molecule has 0 aromatic rings. The molecule has 3 nitrogen and oxygen atoms in total. The van der Waals surface area contributed by atoms with Crippen LogP contribution in [0.3, 0.4) is 0 Å². The maximum absolute atomic E-state index is 9.73. The fourth-order valence-corrected chi connectivity index (χ4v) is 2.60. The van der Waals surface area contributed by atoms with E-state index in [1.807, 2.05) is 6.08 Å². The van der Waals surface area contributed by atoms with E-state index in [0.717, 1.165) is 6.42 Å². The Morgan fingerprint density at radius 2 is 1.41 bits per heavy atom. The van der Waals surface area contributed by atoms with Gasteiger partial charge in [-0.1, -0.05) is 83.3 Å². The molecule has 0 aliphatic carbocycles. The predicted molar refractivity (Wildman–Crippen MR) is 96.1 cm³/mol. The van der Waals surface area contributed by atoms with Crippen molar-refractivity contribution in [2.24, 2.45) is 5.73 Å². The number of unbranched alkanes of at least 4 members (excludes halogenated alkanes) is 11. The van der Waals surface area contributed by atoms with E-state index >= 15 is 0 Å². The third-order valence-corrected chi connectivity index (χ3v) is 4.11. The Kier molecular flexibility index (Phi) is 16.7. The number of allylic oxidation sites excluding steroid dienone is 1. The van der Waals surface area contributed by atoms with Crippen LogP contribution in [0.25, 0.3) is 0 Å². The van der Waals surface area contributed by atoms with Crippen molar-refractivity contribution in [3.63, 3.8) is 0 Å². The molecule has 0 heterocycles. The van der Waals surface area contributed by atoms with Gasteiger partial charge in [-0.2, -0.15) is 0 Å². The second-order valence-corrected chi connectivity index (χ2v) is 6.36. The molecular weight excluding hydrogens is 274 g/mol. The lowest BCUT2D eigenvalue weighted by atomic mass is 10.0. The van der Waals surface area contributed by atoms with E-state index in [0.29, 0.717) is 6.61 Å². The fourth-order valence-electron chi connectivity index (χ4n) is 2.60. The van der Waals surface area contributed by atoms with Gasteiger partial charge in [-0.05, 0) is 12.8 Å². The molecule has 3 N–H and O–H groups in total. The normalized spacial score (nSPS) is 14.5. The molecule has 3 heteroatoms. The van der Waals surface area contributed by atoms with E-state index in [-0.39, 0.29) is 6.04 Å². The molecule has 0 spiro atoms. The van der Waals surface area contributed by atoms with E-state index in [1.54, 1.807) is 13.2 Å². The van der Waals surface area contributed by atoms with Crippen LogP contribution in [-0.2, 0) is 4.74 Å². The van der Waals surface area contributed by atoms with Crippen LogP contribution in [0.2, 0.25) is 0 Å². The summed E-state index contributed by atoms with van der Waals surface area (Å²) in [7, 11) is 1.60. The van der Waals surface area contributed by atoms with Gasteiger partial charge in [0.1, 0.15) is 0 Å². The number of methoxy groups -OCH3 is 1. The van der Waals surface area contributed by atoms with Crippen molar-refractivity contribution in [3.05, 3.63) is 12.2 Å². The quantitative estimate of drug-likeness (QED) is 0.324. The maximum atomic E-state index is 9.73. The lowest BCUT2D eigenvalue weighted by Crippen LogP contribution is -2.37. The molecule has 0 fully saturated rings. The molecule has 0 amide bonds. The first-order valence-corrected chi connectivity index (χ1v) is 9.31. The summed E-state index contributed by atoms with van der Waals surface area (Å²) >= 11 is 0. The van der Waals surface area contributed by atoms with E-state index in [4.69, 9.17) is 10.5 Å². The van der Waals surface area contributed by atoms with E-state index in [1.165, 1.54) is 70.6 Å². The molecule has 0 saturated carbocycles. The summed E-state index contributed by atoms with van der Waals surface area (Å²) in [5.74, 6) is 0. The number of aliphatic hydroxyl groups excluding tert-OH is 1. The number of aliphatic hydroxyl groups is 1. The number of hydrogen-bond donors (Lipinski definition) is 2. The molecule has 0 bridgehead atoms. The smallest absolute Gasteiger partial charge is 0.0894 e. The number of rotatable bonds is 16. The van der Waals surface area contributed by atoms with Crippen LogP contribution in [0.1, 0.15) is 84.0 Å². The zero-order valence-electron chi connectivity index (χ0n) is 14.9. The van der Waals surface area contributed by atoms with Crippen LogP contribution in [0.15, 0.2) is 12.2 Å². The van der Waals surface area contributed by atoms with Crippen molar-refractivity contribution in [2.75, 3.05) is 13.7 Å². The molecule has 0 aromatic carbocycles. The van der Waals surface area contributed by atoms with Crippen LogP contribution in [0.4, 0.5) is 0 Å². The van der Waals surface area contributed by atoms with E-state index in [2.05, 4.69) is 6.92 Å². The summed E-state index contributed by atoms with van der Waals surface area (Å²) in [6.45, 7) is 2.66. The Morgan fingerprint density at radius 3 is 1.91 bits per heavy atom. The van der Waals surface area contributed by atoms with E-state index < -0.39 is 6.10 Å². The summed E-state index contributed by atoms with van der Waals surface area (Å²) in [5, 5.41) is 9.73. The van der Waals surface area contributed by atoms with Gasteiger partial charge in [-0.25, -0.2) is 0 Å².